The van der Waals surface area contributed by atoms with Crippen LogP contribution in [0.1, 0.15) is 19.3 Å². The normalized spacial score (nSPS) is 32.4. The van der Waals surface area contributed by atoms with E-state index in [4.69, 9.17) is 16.6 Å². The summed E-state index contributed by atoms with van der Waals surface area (Å²) >= 11 is 0. The third-order valence-corrected chi connectivity index (χ3v) is 3.13. The second kappa shape index (κ2) is 5.97. The molecule has 5 heteroatoms. The summed E-state index contributed by atoms with van der Waals surface area (Å²) in [5, 5.41) is 3.54. The Bertz CT molecular complexity index is 339. The first-order chi connectivity index (χ1) is 8.31. The zero-order chi connectivity index (χ0) is 12.1. The van der Waals surface area contributed by atoms with Crippen molar-refractivity contribution in [1.29, 1.82) is 0 Å². The Morgan fingerprint density at radius 1 is 1.12 bits per heavy atom. The van der Waals surface area contributed by atoms with E-state index in [1.54, 1.807) is 0 Å². The summed E-state index contributed by atoms with van der Waals surface area (Å²) in [6.45, 7) is 0. The Morgan fingerprint density at radius 2 is 2.00 bits per heavy atom. The van der Waals surface area contributed by atoms with Gasteiger partial charge in [-0.05, 0) is 31.4 Å². The van der Waals surface area contributed by atoms with Crippen molar-refractivity contribution in [3.05, 3.63) is 36.1 Å². The quantitative estimate of drug-likeness (QED) is 0.494. The highest BCUT2D eigenvalue weighted by Gasteiger charge is 2.18. The first kappa shape index (κ1) is 12.3. The lowest BCUT2D eigenvalue weighted by atomic mass is 9.98. The van der Waals surface area contributed by atoms with Crippen LogP contribution in [0.5, 0.6) is 0 Å². The van der Waals surface area contributed by atoms with Crippen LogP contribution in [0, 0.1) is 0 Å². The van der Waals surface area contributed by atoms with Gasteiger partial charge in [-0.25, -0.2) is 5.90 Å². The highest BCUT2D eigenvalue weighted by Crippen LogP contribution is 2.16. The molecule has 0 aromatic heterocycles. The summed E-state index contributed by atoms with van der Waals surface area (Å²) in [4.78, 5) is 9.45. The number of hydrogen-bond acceptors (Lipinski definition) is 5. The second-order valence-electron chi connectivity index (χ2n) is 4.34. The minimum Gasteiger partial charge on any atom is -0.412 e. The van der Waals surface area contributed by atoms with Crippen molar-refractivity contribution in [3.63, 3.8) is 0 Å². The minimum absolute atomic E-state index is 0.0621. The summed E-state index contributed by atoms with van der Waals surface area (Å²) in [5.41, 5.74) is 0. The zero-order valence-corrected chi connectivity index (χ0v) is 9.71. The first-order valence-corrected chi connectivity index (χ1v) is 5.87. The van der Waals surface area contributed by atoms with Gasteiger partial charge in [0.15, 0.2) is 0 Å². The number of allylic oxidation sites excluding steroid dienone is 1. The van der Waals surface area contributed by atoms with Crippen LogP contribution in [-0.2, 0) is 9.68 Å². The fourth-order valence-electron chi connectivity index (χ4n) is 2.13. The van der Waals surface area contributed by atoms with E-state index in [-0.39, 0.29) is 6.10 Å². The molecule has 0 fully saturated rings. The predicted molar refractivity (Wildman–Crippen MR) is 65.3 cm³/mol. The van der Waals surface area contributed by atoms with Crippen LogP contribution < -0.4 is 17.1 Å². The lowest BCUT2D eigenvalue weighted by molar-refractivity contribution is 0.0736. The van der Waals surface area contributed by atoms with Crippen molar-refractivity contribution in [3.8, 4) is 0 Å². The lowest BCUT2D eigenvalue weighted by Gasteiger charge is -2.26. The first-order valence-electron chi connectivity index (χ1n) is 5.87. The van der Waals surface area contributed by atoms with Crippen molar-refractivity contribution in [2.24, 2.45) is 11.8 Å². The molecule has 3 atom stereocenters. The van der Waals surface area contributed by atoms with E-state index >= 15 is 0 Å². The van der Waals surface area contributed by atoms with Crippen LogP contribution in [0.3, 0.4) is 0 Å². The van der Waals surface area contributed by atoms with Crippen LogP contribution in [0.4, 0.5) is 0 Å². The fraction of sp³-hybridized carbons (Fsp3) is 0.500. The molecule has 2 rings (SSSR count). The number of hydrogen-bond donors (Lipinski definition) is 3. The SMILES string of the molecule is NOC1=CCC(NC2C=CC(ON)CC2)C=C1. The molecule has 0 heterocycles. The summed E-state index contributed by atoms with van der Waals surface area (Å²) in [5.74, 6) is 11.0. The molecular formula is C12H19N3O2. The van der Waals surface area contributed by atoms with Gasteiger partial charge in [0.2, 0.25) is 0 Å². The lowest BCUT2D eigenvalue weighted by Crippen LogP contribution is -2.39. The topological polar surface area (TPSA) is 82.5 Å². The molecule has 0 aromatic carbocycles. The fourth-order valence-corrected chi connectivity index (χ4v) is 2.13. The molecule has 0 radical (unpaired) electrons. The second-order valence-corrected chi connectivity index (χ2v) is 4.34. The van der Waals surface area contributed by atoms with Crippen molar-refractivity contribution in [1.82, 2.24) is 5.32 Å². The average Bonchev–Trinajstić information content (AvgIpc) is 2.40. The predicted octanol–water partition coefficient (Wildman–Crippen LogP) is 0.656. The Kier molecular flexibility index (Phi) is 4.33. The van der Waals surface area contributed by atoms with Crippen LogP contribution >= 0.6 is 0 Å². The summed E-state index contributed by atoms with van der Waals surface area (Å²) < 4.78 is 0. The van der Waals surface area contributed by atoms with E-state index in [1.165, 1.54) is 0 Å². The smallest absolute Gasteiger partial charge is 0.142 e. The van der Waals surface area contributed by atoms with E-state index in [9.17, 15) is 0 Å². The molecule has 3 unspecified atom stereocenters. The summed E-state index contributed by atoms with van der Waals surface area (Å²) in [6.07, 6.45) is 13.0. The molecular weight excluding hydrogens is 218 g/mol. The standard InChI is InChI=1S/C12H19N3O2/c13-16-11-5-1-9(2-6-11)15-10-3-7-12(17-14)8-4-10/h1,3,5-7,9-10,12,15H,2,4,8,13-14H2. The average molecular weight is 237 g/mol. The Labute approximate surface area is 101 Å². The van der Waals surface area contributed by atoms with Gasteiger partial charge in [0, 0.05) is 12.1 Å². The molecule has 2 aliphatic carbocycles. The summed E-state index contributed by atoms with van der Waals surface area (Å²) in [7, 11) is 0. The molecule has 0 spiro atoms. The number of rotatable bonds is 4. The third-order valence-electron chi connectivity index (χ3n) is 3.13. The number of nitrogens with one attached hydrogen (secondary N) is 1. The molecule has 0 saturated heterocycles. The minimum atomic E-state index is 0.0621. The molecule has 0 amide bonds. The van der Waals surface area contributed by atoms with Crippen molar-refractivity contribution < 1.29 is 9.68 Å². The monoisotopic (exact) mass is 237 g/mol. The van der Waals surface area contributed by atoms with Gasteiger partial charge < -0.3 is 10.2 Å². The molecule has 5 nitrogen and oxygen atoms in total. The van der Waals surface area contributed by atoms with E-state index in [2.05, 4.69) is 22.3 Å². The van der Waals surface area contributed by atoms with Gasteiger partial charge in [-0.1, -0.05) is 18.2 Å². The van der Waals surface area contributed by atoms with Gasteiger partial charge in [0.25, 0.3) is 0 Å². The van der Waals surface area contributed by atoms with Crippen molar-refractivity contribution in [2.75, 3.05) is 0 Å². The molecule has 2 aliphatic rings. The van der Waals surface area contributed by atoms with Gasteiger partial charge in [0.05, 0.1) is 6.10 Å². The van der Waals surface area contributed by atoms with E-state index in [1.807, 2.05) is 18.2 Å². The molecule has 5 N–H and O–H groups in total. The maximum absolute atomic E-state index is 5.15. The van der Waals surface area contributed by atoms with Gasteiger partial charge in [-0.2, -0.15) is 5.90 Å². The molecule has 94 valence electrons. The zero-order valence-electron chi connectivity index (χ0n) is 9.71. The van der Waals surface area contributed by atoms with Crippen molar-refractivity contribution in [2.45, 2.75) is 37.5 Å². The van der Waals surface area contributed by atoms with Gasteiger partial charge >= 0.3 is 0 Å². The largest absolute Gasteiger partial charge is 0.412 e. The van der Waals surface area contributed by atoms with Crippen LogP contribution in [-0.4, -0.2) is 18.2 Å². The van der Waals surface area contributed by atoms with Crippen LogP contribution in [0.2, 0.25) is 0 Å². The molecule has 0 saturated carbocycles. The van der Waals surface area contributed by atoms with Crippen LogP contribution in [0.25, 0.3) is 0 Å². The Hall–Kier alpha value is -1.14. The Balaban J connectivity index is 1.80. The molecule has 0 bridgehead atoms. The Morgan fingerprint density at radius 3 is 2.53 bits per heavy atom. The highest BCUT2D eigenvalue weighted by molar-refractivity contribution is 5.20. The van der Waals surface area contributed by atoms with Gasteiger partial charge in [-0.15, -0.1) is 0 Å². The maximum Gasteiger partial charge on any atom is 0.142 e. The van der Waals surface area contributed by atoms with E-state index < -0.39 is 0 Å². The van der Waals surface area contributed by atoms with Crippen molar-refractivity contribution >= 4 is 0 Å². The van der Waals surface area contributed by atoms with Gasteiger partial charge in [0.1, 0.15) is 5.76 Å². The van der Waals surface area contributed by atoms with E-state index in [0.29, 0.717) is 12.1 Å². The van der Waals surface area contributed by atoms with Gasteiger partial charge in [-0.3, -0.25) is 4.84 Å². The maximum atomic E-state index is 5.15. The summed E-state index contributed by atoms with van der Waals surface area (Å²) in [6, 6.07) is 0.712. The third kappa shape index (κ3) is 3.41. The molecule has 17 heavy (non-hydrogen) atoms. The molecule has 0 aliphatic heterocycles. The number of nitrogens with two attached hydrogens (primary N) is 2. The molecule has 0 aromatic rings. The van der Waals surface area contributed by atoms with Crippen LogP contribution in [0.15, 0.2) is 36.1 Å². The van der Waals surface area contributed by atoms with E-state index in [0.717, 1.165) is 25.0 Å². The highest BCUT2D eigenvalue weighted by atomic mass is 16.6.